The molecule has 27 heavy (non-hydrogen) atoms. The summed E-state index contributed by atoms with van der Waals surface area (Å²) in [5, 5.41) is 0. The van der Waals surface area contributed by atoms with Crippen LogP contribution in [0, 0.1) is 5.82 Å². The molecule has 0 saturated carbocycles. The summed E-state index contributed by atoms with van der Waals surface area (Å²) >= 11 is 0. The molecule has 4 rings (SSSR count). The van der Waals surface area contributed by atoms with Gasteiger partial charge in [0.2, 0.25) is 0 Å². The van der Waals surface area contributed by atoms with Crippen LogP contribution in [0.3, 0.4) is 0 Å². The Morgan fingerprint density at radius 3 is 2.48 bits per heavy atom. The van der Waals surface area contributed by atoms with Crippen molar-refractivity contribution in [2.45, 2.75) is 25.6 Å². The van der Waals surface area contributed by atoms with Gasteiger partial charge in [-0.05, 0) is 17.8 Å². The second-order valence-corrected chi connectivity index (χ2v) is 6.34. The first-order valence-corrected chi connectivity index (χ1v) is 9.27. The average Bonchev–Trinajstić information content (AvgIpc) is 3.41. The maximum absolute atomic E-state index is 13.3. The zero-order valence-electron chi connectivity index (χ0n) is 15.3. The Bertz CT molecular complexity index is 778. The van der Waals surface area contributed by atoms with Gasteiger partial charge < -0.3 is 14.0 Å². The number of rotatable bonds is 6. The van der Waals surface area contributed by atoms with E-state index >= 15 is 0 Å². The monoisotopic (exact) mass is 366 g/mol. The van der Waals surface area contributed by atoms with E-state index in [1.807, 2.05) is 41.1 Å². The van der Waals surface area contributed by atoms with Crippen LogP contribution in [0.5, 0.6) is 0 Å². The van der Waals surface area contributed by atoms with Crippen molar-refractivity contribution in [1.82, 2.24) is 9.55 Å². The van der Waals surface area contributed by atoms with Crippen LogP contribution in [0.1, 0.15) is 12.0 Å². The number of ether oxygens (including phenoxy) is 2. The fourth-order valence-electron chi connectivity index (χ4n) is 2.87. The highest BCUT2D eigenvalue weighted by molar-refractivity contribution is 6.53. The molecular weight excluding hydrogens is 342 g/mol. The van der Waals surface area contributed by atoms with Gasteiger partial charge in [-0.25, -0.2) is 9.37 Å². The zero-order valence-corrected chi connectivity index (χ0v) is 15.3. The highest BCUT2D eigenvalue weighted by atomic mass is 19.1. The van der Waals surface area contributed by atoms with E-state index in [4.69, 9.17) is 9.47 Å². The van der Waals surface area contributed by atoms with Crippen molar-refractivity contribution in [3.05, 3.63) is 84.7 Å². The van der Waals surface area contributed by atoms with E-state index in [2.05, 4.69) is 17.1 Å². The Labute approximate surface area is 160 Å². The third kappa shape index (κ3) is 6.66. The van der Waals surface area contributed by atoms with Crippen LogP contribution in [-0.2, 0) is 22.3 Å². The molecule has 0 N–H and O–H groups in total. The maximum Gasteiger partial charge on any atom is 0.166 e. The Morgan fingerprint density at radius 2 is 1.78 bits per heavy atom. The smallest absolute Gasteiger partial charge is 0.166 e. The van der Waals surface area contributed by atoms with Crippen LogP contribution in [0.25, 0.3) is 0 Å². The number of aryl methyl sites for hydroxylation is 1. The van der Waals surface area contributed by atoms with E-state index in [-0.39, 0.29) is 12.1 Å². The predicted molar refractivity (Wildman–Crippen MR) is 106 cm³/mol. The molecule has 0 radical (unpaired) electrons. The van der Waals surface area contributed by atoms with Gasteiger partial charge in [0.15, 0.2) is 13.6 Å². The number of nitrogens with zero attached hydrogens (tertiary/aromatic N) is 2. The third-order valence-electron chi connectivity index (χ3n) is 4.36. The minimum Gasteiger partial charge on any atom is -0.350 e. The van der Waals surface area contributed by atoms with Crippen molar-refractivity contribution in [2.24, 2.45) is 0 Å². The molecule has 3 aromatic rings. The Kier molecular flexibility index (Phi) is 7.62. The standard InChI is InChI=1S/C13H12BF.C8H12N2O2/c15-13-9-5-4-8-12(13)14-10-11-6-2-1-3-7-11;1(8-11-5-6-12-8)3-10-4-2-9-7-10/h1-9,14H,10H2;2,4,7-8H,1,3,5-6H2. The van der Waals surface area contributed by atoms with Crippen molar-refractivity contribution in [3.8, 4) is 0 Å². The van der Waals surface area contributed by atoms with Crippen LogP contribution in [0.15, 0.2) is 73.3 Å². The molecule has 1 aliphatic heterocycles. The quantitative estimate of drug-likeness (QED) is 0.630. The molecule has 0 atom stereocenters. The molecule has 4 nitrogen and oxygen atoms in total. The van der Waals surface area contributed by atoms with Crippen molar-refractivity contribution in [3.63, 3.8) is 0 Å². The molecular formula is C21H24BFN2O2. The lowest BCUT2D eigenvalue weighted by Crippen LogP contribution is -2.20. The summed E-state index contributed by atoms with van der Waals surface area (Å²) in [7, 11) is 0.761. The third-order valence-corrected chi connectivity index (χ3v) is 4.36. The number of imidazole rings is 1. The highest BCUT2D eigenvalue weighted by Gasteiger charge is 2.14. The first kappa shape index (κ1) is 19.3. The maximum atomic E-state index is 13.3. The van der Waals surface area contributed by atoms with Gasteiger partial charge in [0.25, 0.3) is 0 Å². The van der Waals surface area contributed by atoms with Crippen LogP contribution in [0.2, 0.25) is 0 Å². The Hall–Kier alpha value is -2.44. The summed E-state index contributed by atoms with van der Waals surface area (Å²) in [5.74, 6) is -0.103. The number of aromatic nitrogens is 2. The zero-order chi connectivity index (χ0) is 18.7. The van der Waals surface area contributed by atoms with Crippen molar-refractivity contribution in [2.75, 3.05) is 13.2 Å². The molecule has 2 aromatic carbocycles. The lowest BCUT2D eigenvalue weighted by molar-refractivity contribution is -0.0490. The lowest BCUT2D eigenvalue weighted by atomic mass is 9.65. The molecule has 2 heterocycles. The summed E-state index contributed by atoms with van der Waals surface area (Å²) in [5.41, 5.74) is 2.04. The molecule has 1 aromatic heterocycles. The van der Waals surface area contributed by atoms with E-state index in [0.29, 0.717) is 0 Å². The number of benzene rings is 2. The Balaban J connectivity index is 0.000000159. The van der Waals surface area contributed by atoms with Gasteiger partial charge in [-0.3, -0.25) is 0 Å². The molecule has 1 saturated heterocycles. The molecule has 0 aliphatic carbocycles. The summed E-state index contributed by atoms with van der Waals surface area (Å²) in [6, 6.07) is 17.1. The SMILES string of the molecule is Fc1ccccc1BCc1ccccc1.c1cn(CCC2OCCO2)cn1. The largest absolute Gasteiger partial charge is 0.350 e. The fourth-order valence-corrected chi connectivity index (χ4v) is 2.87. The van der Waals surface area contributed by atoms with Crippen LogP contribution in [-0.4, -0.2) is 36.3 Å². The molecule has 0 bridgehead atoms. The van der Waals surface area contributed by atoms with E-state index in [0.717, 1.165) is 45.2 Å². The van der Waals surface area contributed by atoms with Gasteiger partial charge in [-0.2, -0.15) is 0 Å². The highest BCUT2D eigenvalue weighted by Crippen LogP contribution is 2.08. The van der Waals surface area contributed by atoms with Crippen LogP contribution < -0.4 is 5.46 Å². The Morgan fingerprint density at radius 1 is 1.04 bits per heavy atom. The molecule has 0 unspecified atom stereocenters. The first-order chi connectivity index (χ1) is 13.3. The minimum absolute atomic E-state index is 0.00704. The van der Waals surface area contributed by atoms with Crippen LogP contribution >= 0.6 is 0 Å². The minimum atomic E-state index is -0.103. The van der Waals surface area contributed by atoms with E-state index in [1.165, 1.54) is 11.6 Å². The van der Waals surface area contributed by atoms with E-state index in [1.54, 1.807) is 18.6 Å². The molecule has 1 fully saturated rings. The van der Waals surface area contributed by atoms with Crippen molar-refractivity contribution < 1.29 is 13.9 Å². The number of hydrogen-bond donors (Lipinski definition) is 0. The summed E-state index contributed by atoms with van der Waals surface area (Å²) in [4.78, 5) is 3.95. The summed E-state index contributed by atoms with van der Waals surface area (Å²) < 4.78 is 25.9. The number of halogens is 1. The van der Waals surface area contributed by atoms with E-state index in [9.17, 15) is 4.39 Å². The second kappa shape index (κ2) is 10.7. The average molecular weight is 366 g/mol. The van der Waals surface area contributed by atoms with Gasteiger partial charge in [0.05, 0.1) is 19.5 Å². The van der Waals surface area contributed by atoms with Gasteiger partial charge in [-0.1, -0.05) is 54.1 Å². The van der Waals surface area contributed by atoms with Gasteiger partial charge in [0.1, 0.15) is 5.82 Å². The molecule has 1 aliphatic rings. The molecule has 6 heteroatoms. The predicted octanol–water partition coefficient (Wildman–Crippen LogP) is 2.73. The van der Waals surface area contributed by atoms with Crippen molar-refractivity contribution >= 4 is 12.7 Å². The topological polar surface area (TPSA) is 36.3 Å². The fraction of sp³-hybridized carbons (Fsp3) is 0.286. The number of hydrogen-bond acceptors (Lipinski definition) is 3. The van der Waals surface area contributed by atoms with Gasteiger partial charge in [-0.15, -0.1) is 0 Å². The van der Waals surface area contributed by atoms with Gasteiger partial charge >= 0.3 is 0 Å². The molecule has 0 amide bonds. The van der Waals surface area contributed by atoms with E-state index < -0.39 is 0 Å². The summed E-state index contributed by atoms with van der Waals surface area (Å²) in [6.45, 7) is 2.37. The summed E-state index contributed by atoms with van der Waals surface area (Å²) in [6.07, 6.45) is 7.30. The van der Waals surface area contributed by atoms with Crippen molar-refractivity contribution in [1.29, 1.82) is 0 Å². The second-order valence-electron chi connectivity index (χ2n) is 6.34. The normalized spacial score (nSPS) is 13.8. The molecule has 0 spiro atoms. The lowest BCUT2D eigenvalue weighted by Gasteiger charge is -2.08. The van der Waals surface area contributed by atoms with Gasteiger partial charge in [0, 0.05) is 25.4 Å². The molecule has 140 valence electrons. The van der Waals surface area contributed by atoms with Crippen LogP contribution in [0.4, 0.5) is 4.39 Å². The first-order valence-electron chi connectivity index (χ1n) is 9.27.